The Morgan fingerprint density at radius 3 is 2.63 bits per heavy atom. The van der Waals surface area contributed by atoms with E-state index in [-0.39, 0.29) is 17.8 Å². The van der Waals surface area contributed by atoms with E-state index in [2.05, 4.69) is 5.32 Å². The van der Waals surface area contributed by atoms with E-state index in [1.807, 2.05) is 6.92 Å². The minimum Gasteiger partial charge on any atom is -0.493 e. The van der Waals surface area contributed by atoms with Crippen LogP contribution in [0.25, 0.3) is 6.08 Å². The lowest BCUT2D eigenvalue weighted by Crippen LogP contribution is -2.30. The van der Waals surface area contributed by atoms with Crippen LogP contribution in [0.4, 0.5) is 9.18 Å². The standard InChI is InChI=1S/C20H19FN2O4/c1-3-27-18-11-13(8-9-17(18)26-2)10-16-19(24)23(20(25)22-16)12-14-6-4-5-7-15(14)21/h4-11H,3,12H2,1-2H3,(H,22,25). The molecular weight excluding hydrogens is 351 g/mol. The van der Waals surface area contributed by atoms with Crippen LogP contribution in [0.3, 0.4) is 0 Å². The molecule has 6 nitrogen and oxygen atoms in total. The molecule has 1 heterocycles. The van der Waals surface area contributed by atoms with Gasteiger partial charge in [0, 0.05) is 5.56 Å². The smallest absolute Gasteiger partial charge is 0.329 e. The van der Waals surface area contributed by atoms with Crippen LogP contribution < -0.4 is 14.8 Å². The van der Waals surface area contributed by atoms with Crippen LogP contribution >= 0.6 is 0 Å². The van der Waals surface area contributed by atoms with Crippen LogP contribution in [0.15, 0.2) is 48.2 Å². The van der Waals surface area contributed by atoms with Gasteiger partial charge in [0.2, 0.25) is 0 Å². The van der Waals surface area contributed by atoms with Crippen molar-refractivity contribution < 1.29 is 23.5 Å². The van der Waals surface area contributed by atoms with Crippen molar-refractivity contribution in [1.82, 2.24) is 10.2 Å². The minimum atomic E-state index is -0.590. The maximum Gasteiger partial charge on any atom is 0.329 e. The molecule has 1 aliphatic rings. The molecule has 2 aromatic carbocycles. The number of nitrogens with zero attached hydrogens (tertiary/aromatic N) is 1. The number of carbonyl (C=O) groups is 2. The number of carbonyl (C=O) groups excluding carboxylic acids is 2. The van der Waals surface area contributed by atoms with Crippen LogP contribution in [0.1, 0.15) is 18.1 Å². The van der Waals surface area contributed by atoms with Gasteiger partial charge in [-0.2, -0.15) is 0 Å². The number of ether oxygens (including phenoxy) is 2. The van der Waals surface area contributed by atoms with Gasteiger partial charge in [0.1, 0.15) is 11.5 Å². The lowest BCUT2D eigenvalue weighted by Gasteiger charge is -2.12. The highest BCUT2D eigenvalue weighted by Crippen LogP contribution is 2.29. The predicted octanol–water partition coefficient (Wildman–Crippen LogP) is 3.33. The number of hydrogen-bond donors (Lipinski definition) is 1. The number of hydrogen-bond acceptors (Lipinski definition) is 4. The number of amides is 3. The summed E-state index contributed by atoms with van der Waals surface area (Å²) in [5.41, 5.74) is 1.05. The van der Waals surface area contributed by atoms with Gasteiger partial charge in [-0.1, -0.05) is 24.3 Å². The Morgan fingerprint density at radius 1 is 1.15 bits per heavy atom. The van der Waals surface area contributed by atoms with Gasteiger partial charge in [-0.05, 0) is 36.8 Å². The largest absolute Gasteiger partial charge is 0.493 e. The van der Waals surface area contributed by atoms with Gasteiger partial charge in [0.05, 0.1) is 20.3 Å². The number of rotatable bonds is 6. The third-order valence-electron chi connectivity index (χ3n) is 4.05. The van der Waals surface area contributed by atoms with Crippen molar-refractivity contribution in [3.8, 4) is 11.5 Å². The molecule has 27 heavy (non-hydrogen) atoms. The molecule has 0 unspecified atom stereocenters. The quantitative estimate of drug-likeness (QED) is 0.626. The van der Waals surface area contributed by atoms with Gasteiger partial charge in [-0.25, -0.2) is 9.18 Å². The number of halogens is 1. The van der Waals surface area contributed by atoms with Crippen molar-refractivity contribution in [2.45, 2.75) is 13.5 Å². The Labute approximate surface area is 156 Å². The van der Waals surface area contributed by atoms with E-state index in [9.17, 15) is 14.0 Å². The van der Waals surface area contributed by atoms with E-state index in [1.54, 1.807) is 36.4 Å². The maximum absolute atomic E-state index is 13.8. The van der Waals surface area contributed by atoms with Crippen molar-refractivity contribution in [2.24, 2.45) is 0 Å². The molecule has 1 saturated heterocycles. The minimum absolute atomic E-state index is 0.115. The van der Waals surface area contributed by atoms with Crippen LogP contribution in [0.5, 0.6) is 11.5 Å². The van der Waals surface area contributed by atoms with Crippen LogP contribution in [-0.2, 0) is 11.3 Å². The highest BCUT2D eigenvalue weighted by atomic mass is 19.1. The van der Waals surface area contributed by atoms with Crippen molar-refractivity contribution in [1.29, 1.82) is 0 Å². The summed E-state index contributed by atoms with van der Waals surface area (Å²) >= 11 is 0. The first-order chi connectivity index (χ1) is 13.0. The Bertz CT molecular complexity index is 911. The summed E-state index contributed by atoms with van der Waals surface area (Å²) in [6, 6.07) is 10.6. The maximum atomic E-state index is 13.8. The number of imide groups is 1. The van der Waals surface area contributed by atoms with Crippen molar-refractivity contribution in [3.63, 3.8) is 0 Å². The fraction of sp³-hybridized carbons (Fsp3) is 0.200. The fourth-order valence-electron chi connectivity index (χ4n) is 2.73. The summed E-state index contributed by atoms with van der Waals surface area (Å²) in [6.45, 7) is 2.18. The first-order valence-corrected chi connectivity index (χ1v) is 8.42. The third-order valence-corrected chi connectivity index (χ3v) is 4.05. The molecule has 0 bridgehead atoms. The lowest BCUT2D eigenvalue weighted by atomic mass is 10.1. The number of benzene rings is 2. The lowest BCUT2D eigenvalue weighted by molar-refractivity contribution is -0.123. The topological polar surface area (TPSA) is 67.9 Å². The molecule has 0 aromatic heterocycles. The van der Waals surface area contributed by atoms with E-state index >= 15 is 0 Å². The van der Waals surface area contributed by atoms with E-state index in [0.717, 1.165) is 4.90 Å². The molecule has 140 valence electrons. The SMILES string of the molecule is CCOc1cc(C=C2NC(=O)N(Cc3ccccc3F)C2=O)ccc1OC. The molecule has 3 rings (SSSR count). The van der Waals surface area contributed by atoms with E-state index in [0.29, 0.717) is 23.7 Å². The summed E-state index contributed by atoms with van der Waals surface area (Å²) in [5.74, 6) is 0.125. The van der Waals surface area contributed by atoms with Crippen molar-refractivity contribution in [2.75, 3.05) is 13.7 Å². The zero-order valence-corrected chi connectivity index (χ0v) is 15.0. The predicted molar refractivity (Wildman–Crippen MR) is 97.6 cm³/mol. The first kappa shape index (κ1) is 18.4. The van der Waals surface area contributed by atoms with E-state index in [1.165, 1.54) is 19.2 Å². The second-order valence-electron chi connectivity index (χ2n) is 5.81. The van der Waals surface area contributed by atoms with Crippen LogP contribution in [0.2, 0.25) is 0 Å². The summed E-state index contributed by atoms with van der Waals surface area (Å²) < 4.78 is 24.6. The van der Waals surface area contributed by atoms with Gasteiger partial charge in [0.25, 0.3) is 5.91 Å². The Hall–Kier alpha value is -3.35. The zero-order chi connectivity index (χ0) is 19.4. The number of urea groups is 1. The fourth-order valence-corrected chi connectivity index (χ4v) is 2.73. The van der Waals surface area contributed by atoms with Crippen molar-refractivity contribution in [3.05, 3.63) is 65.1 Å². The van der Waals surface area contributed by atoms with Crippen LogP contribution in [-0.4, -0.2) is 30.6 Å². The van der Waals surface area contributed by atoms with Gasteiger partial charge in [-0.15, -0.1) is 0 Å². The highest BCUT2D eigenvalue weighted by molar-refractivity contribution is 6.13. The summed E-state index contributed by atoms with van der Waals surface area (Å²) in [6.07, 6.45) is 1.55. The summed E-state index contributed by atoms with van der Waals surface area (Å²) in [7, 11) is 1.54. The molecule has 1 fully saturated rings. The van der Waals surface area contributed by atoms with E-state index in [4.69, 9.17) is 9.47 Å². The average molecular weight is 370 g/mol. The summed E-state index contributed by atoms with van der Waals surface area (Å²) in [4.78, 5) is 25.7. The second kappa shape index (κ2) is 7.90. The van der Waals surface area contributed by atoms with Gasteiger partial charge in [-0.3, -0.25) is 9.69 Å². The monoisotopic (exact) mass is 370 g/mol. The molecule has 7 heteroatoms. The molecule has 0 spiro atoms. The molecule has 2 aromatic rings. The molecule has 1 aliphatic heterocycles. The number of methoxy groups -OCH3 is 1. The van der Waals surface area contributed by atoms with Crippen LogP contribution in [0, 0.1) is 5.82 Å². The second-order valence-corrected chi connectivity index (χ2v) is 5.81. The normalized spacial score (nSPS) is 15.2. The summed E-state index contributed by atoms with van der Waals surface area (Å²) in [5, 5.41) is 2.53. The third kappa shape index (κ3) is 3.92. The average Bonchev–Trinajstić information content (AvgIpc) is 2.91. The first-order valence-electron chi connectivity index (χ1n) is 8.42. The molecular formula is C20H19FN2O4. The zero-order valence-electron chi connectivity index (χ0n) is 15.0. The molecule has 0 saturated carbocycles. The Morgan fingerprint density at radius 2 is 1.93 bits per heavy atom. The Kier molecular flexibility index (Phi) is 5.40. The van der Waals surface area contributed by atoms with E-state index < -0.39 is 17.8 Å². The molecule has 1 N–H and O–H groups in total. The van der Waals surface area contributed by atoms with Gasteiger partial charge >= 0.3 is 6.03 Å². The van der Waals surface area contributed by atoms with Crippen molar-refractivity contribution >= 4 is 18.0 Å². The number of nitrogens with one attached hydrogen (secondary N) is 1. The van der Waals surface area contributed by atoms with Gasteiger partial charge < -0.3 is 14.8 Å². The molecule has 3 amide bonds. The molecule has 0 radical (unpaired) electrons. The van der Waals surface area contributed by atoms with Gasteiger partial charge in [0.15, 0.2) is 11.5 Å². The molecule has 0 atom stereocenters. The Balaban J connectivity index is 1.84. The molecule has 0 aliphatic carbocycles. The highest BCUT2D eigenvalue weighted by Gasteiger charge is 2.34.